The molecule has 35 heavy (non-hydrogen) atoms. The van der Waals surface area contributed by atoms with Crippen LogP contribution in [0, 0.1) is 11.3 Å². The van der Waals surface area contributed by atoms with E-state index in [1.807, 2.05) is 115 Å². The lowest BCUT2D eigenvalue weighted by Gasteiger charge is -2.05. The molecule has 0 saturated heterocycles. The van der Waals surface area contributed by atoms with Crippen LogP contribution in [0.4, 0.5) is 0 Å². The van der Waals surface area contributed by atoms with Gasteiger partial charge in [0.15, 0.2) is 0 Å². The van der Waals surface area contributed by atoms with Crippen molar-refractivity contribution in [1.82, 2.24) is 0 Å². The topological polar surface area (TPSA) is 33.0 Å². The molecule has 0 aromatic heterocycles. The summed E-state index contributed by atoms with van der Waals surface area (Å²) in [5, 5.41) is 9.27. The fourth-order valence-corrected chi connectivity index (χ4v) is 3.11. The van der Waals surface area contributed by atoms with Gasteiger partial charge in [0.2, 0.25) is 0 Å². The second-order valence-electron chi connectivity index (χ2n) is 7.82. The molecule has 0 N–H and O–H groups in total. The van der Waals surface area contributed by atoms with E-state index in [1.54, 1.807) is 0 Å². The second-order valence-corrected chi connectivity index (χ2v) is 7.82. The number of unbranched alkanes of at least 4 members (excludes halogenated alkanes) is 3. The Morgan fingerprint density at radius 3 is 1.91 bits per heavy atom. The van der Waals surface area contributed by atoms with E-state index in [0.717, 1.165) is 29.9 Å². The molecular formula is C33H35NO. The summed E-state index contributed by atoms with van der Waals surface area (Å²) in [5.74, 6) is 0.934. The first-order valence-corrected chi connectivity index (χ1v) is 12.2. The van der Waals surface area contributed by atoms with E-state index >= 15 is 0 Å². The molecule has 0 saturated carbocycles. The highest BCUT2D eigenvalue weighted by atomic mass is 16.5. The zero-order chi connectivity index (χ0) is 24.8. The van der Waals surface area contributed by atoms with Crippen LogP contribution in [-0.2, 0) is 0 Å². The van der Waals surface area contributed by atoms with Crippen molar-refractivity contribution in [2.45, 2.75) is 32.6 Å². The summed E-state index contributed by atoms with van der Waals surface area (Å²) < 4.78 is 5.78. The summed E-state index contributed by atoms with van der Waals surface area (Å²) in [6.07, 6.45) is 30.4. The summed E-state index contributed by atoms with van der Waals surface area (Å²) in [5.41, 5.74) is 2.72. The van der Waals surface area contributed by atoms with Gasteiger partial charge < -0.3 is 4.74 Å². The van der Waals surface area contributed by atoms with Crippen LogP contribution in [0.1, 0.15) is 43.7 Å². The molecule has 0 heterocycles. The van der Waals surface area contributed by atoms with Crippen molar-refractivity contribution in [3.8, 4) is 11.8 Å². The molecule has 2 nitrogen and oxygen atoms in total. The van der Waals surface area contributed by atoms with E-state index in [1.165, 1.54) is 19.3 Å². The maximum atomic E-state index is 9.27. The van der Waals surface area contributed by atoms with Crippen molar-refractivity contribution in [2.75, 3.05) is 6.61 Å². The molecule has 0 fully saturated rings. The van der Waals surface area contributed by atoms with Gasteiger partial charge in [0.05, 0.1) is 18.2 Å². The average molecular weight is 462 g/mol. The summed E-state index contributed by atoms with van der Waals surface area (Å²) in [6.45, 7) is 3.01. The normalized spacial score (nSPS) is 12.7. The molecule has 0 atom stereocenters. The Balaban J connectivity index is 1.66. The molecule has 2 rings (SSSR count). The predicted molar refractivity (Wildman–Crippen MR) is 151 cm³/mol. The number of allylic oxidation sites excluding steroid dienone is 13. The van der Waals surface area contributed by atoms with E-state index in [0.29, 0.717) is 5.57 Å². The van der Waals surface area contributed by atoms with Gasteiger partial charge in [0, 0.05) is 0 Å². The van der Waals surface area contributed by atoms with Crippen LogP contribution < -0.4 is 4.74 Å². The maximum absolute atomic E-state index is 9.27. The van der Waals surface area contributed by atoms with Crippen LogP contribution in [0.5, 0.6) is 5.75 Å². The lowest BCUT2D eigenvalue weighted by molar-refractivity contribution is 0.305. The van der Waals surface area contributed by atoms with Gasteiger partial charge in [0.1, 0.15) is 5.75 Å². The third-order valence-corrected chi connectivity index (χ3v) is 5.01. The number of rotatable bonds is 14. The SMILES string of the molecule is CCCCCCOc1ccc(/C=C/C=C/C=C/C=C/C=C/C=C/C=C(\C#N)c2ccccc2)cc1. The van der Waals surface area contributed by atoms with Crippen molar-refractivity contribution < 1.29 is 4.74 Å². The van der Waals surface area contributed by atoms with Crippen LogP contribution in [0.2, 0.25) is 0 Å². The maximum Gasteiger partial charge on any atom is 0.119 e. The lowest BCUT2D eigenvalue weighted by Crippen LogP contribution is -1.96. The Bertz CT molecular complexity index is 1090. The summed E-state index contributed by atoms with van der Waals surface area (Å²) in [6, 6.07) is 20.1. The molecule has 0 amide bonds. The molecule has 2 aromatic rings. The van der Waals surface area contributed by atoms with Gasteiger partial charge >= 0.3 is 0 Å². The lowest BCUT2D eigenvalue weighted by atomic mass is 10.1. The Labute approximate surface area is 211 Å². The molecule has 0 bridgehead atoms. The van der Waals surface area contributed by atoms with Crippen LogP contribution in [0.3, 0.4) is 0 Å². The molecular weight excluding hydrogens is 426 g/mol. The van der Waals surface area contributed by atoms with Gasteiger partial charge in [-0.2, -0.15) is 5.26 Å². The minimum Gasteiger partial charge on any atom is -0.494 e. The van der Waals surface area contributed by atoms with Crippen molar-refractivity contribution in [3.05, 3.63) is 139 Å². The summed E-state index contributed by atoms with van der Waals surface area (Å²) in [4.78, 5) is 0. The Kier molecular flexibility index (Phi) is 14.2. The molecule has 0 aliphatic carbocycles. The number of hydrogen-bond donors (Lipinski definition) is 0. The highest BCUT2D eigenvalue weighted by Gasteiger charge is 1.96. The van der Waals surface area contributed by atoms with E-state index in [2.05, 4.69) is 31.2 Å². The van der Waals surface area contributed by atoms with Crippen LogP contribution in [-0.4, -0.2) is 6.61 Å². The smallest absolute Gasteiger partial charge is 0.119 e. The third kappa shape index (κ3) is 12.7. The van der Waals surface area contributed by atoms with E-state index in [4.69, 9.17) is 4.74 Å². The van der Waals surface area contributed by atoms with Gasteiger partial charge in [-0.15, -0.1) is 0 Å². The Hall–Kier alpha value is -4.09. The average Bonchev–Trinajstić information content (AvgIpc) is 2.90. The molecule has 2 heteroatoms. The highest BCUT2D eigenvalue weighted by Crippen LogP contribution is 2.14. The quantitative estimate of drug-likeness (QED) is 0.160. The van der Waals surface area contributed by atoms with Gasteiger partial charge in [-0.3, -0.25) is 0 Å². The van der Waals surface area contributed by atoms with Gasteiger partial charge in [-0.25, -0.2) is 0 Å². The molecule has 0 aliphatic rings. The monoisotopic (exact) mass is 461 g/mol. The molecule has 0 unspecified atom stereocenters. The summed E-state index contributed by atoms with van der Waals surface area (Å²) in [7, 11) is 0. The molecule has 2 aromatic carbocycles. The van der Waals surface area contributed by atoms with E-state index in [-0.39, 0.29) is 0 Å². The minimum absolute atomic E-state index is 0.647. The zero-order valence-electron chi connectivity index (χ0n) is 20.6. The van der Waals surface area contributed by atoms with Gasteiger partial charge in [0.25, 0.3) is 0 Å². The Morgan fingerprint density at radius 2 is 1.31 bits per heavy atom. The van der Waals surface area contributed by atoms with Crippen molar-refractivity contribution in [3.63, 3.8) is 0 Å². The first kappa shape index (κ1) is 27.2. The Morgan fingerprint density at radius 1 is 0.714 bits per heavy atom. The predicted octanol–water partition coefficient (Wildman–Crippen LogP) is 9.05. The minimum atomic E-state index is 0.647. The molecule has 178 valence electrons. The summed E-state index contributed by atoms with van der Waals surface area (Å²) >= 11 is 0. The first-order chi connectivity index (χ1) is 17.3. The van der Waals surface area contributed by atoms with Gasteiger partial charge in [-0.05, 0) is 35.8 Å². The zero-order valence-corrected chi connectivity index (χ0v) is 20.6. The van der Waals surface area contributed by atoms with Crippen LogP contribution in [0.15, 0.2) is 128 Å². The molecule has 0 spiro atoms. The van der Waals surface area contributed by atoms with Crippen LogP contribution in [0.25, 0.3) is 11.6 Å². The molecule has 0 radical (unpaired) electrons. The second kappa shape index (κ2) is 18.3. The first-order valence-electron chi connectivity index (χ1n) is 12.2. The standard InChI is InChI=1S/C33H35NO/c1-2-3-4-19-28-35-33-26-24-30(25-27-33)20-15-12-10-8-6-5-7-9-11-13-16-23-32(29-34)31-21-17-14-18-22-31/h5-18,20-27H,2-4,19,28H2,1H3/b7-5+,8-6+,11-9+,12-10+,16-13+,20-15+,32-23+. The van der Waals surface area contributed by atoms with Gasteiger partial charge in [-0.1, -0.05) is 142 Å². The largest absolute Gasteiger partial charge is 0.494 e. The van der Waals surface area contributed by atoms with Crippen molar-refractivity contribution >= 4 is 11.6 Å². The molecule has 0 aliphatic heterocycles. The number of nitriles is 1. The van der Waals surface area contributed by atoms with E-state index in [9.17, 15) is 5.26 Å². The number of benzene rings is 2. The number of ether oxygens (including phenoxy) is 1. The fourth-order valence-electron chi connectivity index (χ4n) is 3.11. The van der Waals surface area contributed by atoms with Crippen molar-refractivity contribution in [2.24, 2.45) is 0 Å². The van der Waals surface area contributed by atoms with Crippen molar-refractivity contribution in [1.29, 1.82) is 5.26 Å². The number of hydrogen-bond acceptors (Lipinski definition) is 2. The third-order valence-electron chi connectivity index (χ3n) is 5.01. The number of nitrogens with zero attached hydrogens (tertiary/aromatic N) is 1. The fraction of sp³-hybridized carbons (Fsp3) is 0.182. The highest BCUT2D eigenvalue weighted by molar-refractivity contribution is 5.77. The van der Waals surface area contributed by atoms with Crippen LogP contribution >= 0.6 is 0 Å². The van der Waals surface area contributed by atoms with E-state index < -0.39 is 0 Å².